The molecular weight excluding hydrogens is 288 g/mol. The average Bonchev–Trinajstić information content (AvgIpc) is 3.00. The molecule has 4 aromatic heterocycles. The molecule has 0 aliphatic heterocycles. The van der Waals surface area contributed by atoms with Crippen molar-refractivity contribution in [1.82, 2.24) is 24.6 Å². The summed E-state index contributed by atoms with van der Waals surface area (Å²) in [5.41, 5.74) is 10.5. The highest BCUT2D eigenvalue weighted by atomic mass is 15.3. The van der Waals surface area contributed by atoms with E-state index < -0.39 is 0 Å². The largest absolute Gasteiger partial charge is 0.384 e. The van der Waals surface area contributed by atoms with Gasteiger partial charge in [0.15, 0.2) is 5.65 Å². The van der Waals surface area contributed by atoms with Gasteiger partial charge in [-0.3, -0.25) is 9.97 Å². The number of nitrogen functional groups attached to an aromatic ring is 1. The molecule has 0 saturated heterocycles. The first kappa shape index (κ1) is 13.4. The maximum absolute atomic E-state index is 6.15. The maximum Gasteiger partial charge on any atom is 0.200 e. The fraction of sp³-hybridized carbons (Fsp3) is 0.0588. The fourth-order valence-corrected chi connectivity index (χ4v) is 2.50. The van der Waals surface area contributed by atoms with Crippen LogP contribution < -0.4 is 5.73 Å². The van der Waals surface area contributed by atoms with Gasteiger partial charge in [-0.1, -0.05) is 6.07 Å². The second-order valence-electron chi connectivity index (χ2n) is 5.28. The van der Waals surface area contributed by atoms with E-state index in [2.05, 4.69) is 20.1 Å². The Morgan fingerprint density at radius 1 is 0.957 bits per heavy atom. The number of nitrogens with two attached hydrogens (primary N) is 1. The number of nitrogens with zero attached hydrogens (tertiary/aromatic N) is 5. The minimum atomic E-state index is 0.529. The zero-order chi connectivity index (χ0) is 15.8. The topological polar surface area (TPSA) is 82.0 Å². The minimum Gasteiger partial charge on any atom is -0.384 e. The van der Waals surface area contributed by atoms with Crippen molar-refractivity contribution in [3.05, 3.63) is 60.6 Å². The number of hydrogen-bond donors (Lipinski definition) is 1. The van der Waals surface area contributed by atoms with Gasteiger partial charge in [-0.2, -0.15) is 4.52 Å². The highest BCUT2D eigenvalue weighted by molar-refractivity contribution is 5.72. The van der Waals surface area contributed by atoms with Gasteiger partial charge in [0.25, 0.3) is 0 Å². The van der Waals surface area contributed by atoms with E-state index in [0.29, 0.717) is 17.3 Å². The molecule has 0 aliphatic rings. The van der Waals surface area contributed by atoms with Gasteiger partial charge in [-0.25, -0.2) is 4.98 Å². The third-order valence-electron chi connectivity index (χ3n) is 3.59. The lowest BCUT2D eigenvalue weighted by atomic mass is 10.1. The monoisotopic (exact) mass is 302 g/mol. The number of aromatic nitrogens is 5. The van der Waals surface area contributed by atoms with Gasteiger partial charge < -0.3 is 5.73 Å². The van der Waals surface area contributed by atoms with Crippen LogP contribution in [0.5, 0.6) is 0 Å². The van der Waals surface area contributed by atoms with Gasteiger partial charge >= 0.3 is 0 Å². The van der Waals surface area contributed by atoms with Gasteiger partial charge in [0.2, 0.25) is 5.82 Å². The molecule has 4 aromatic rings. The second kappa shape index (κ2) is 5.17. The molecule has 0 amide bonds. The number of rotatable bonds is 2. The van der Waals surface area contributed by atoms with Crippen LogP contribution in [-0.2, 0) is 0 Å². The summed E-state index contributed by atoms with van der Waals surface area (Å²) in [5.74, 6) is 1.09. The van der Waals surface area contributed by atoms with Gasteiger partial charge in [-0.15, -0.1) is 5.10 Å². The van der Waals surface area contributed by atoms with Crippen LogP contribution in [0.1, 0.15) is 5.69 Å². The van der Waals surface area contributed by atoms with Crippen molar-refractivity contribution in [1.29, 1.82) is 0 Å². The van der Waals surface area contributed by atoms with Crippen molar-refractivity contribution in [3.63, 3.8) is 0 Å². The molecule has 2 N–H and O–H groups in total. The van der Waals surface area contributed by atoms with E-state index in [-0.39, 0.29) is 0 Å². The molecule has 0 saturated carbocycles. The van der Waals surface area contributed by atoms with Gasteiger partial charge in [-0.05, 0) is 54.4 Å². The number of anilines is 1. The predicted molar refractivity (Wildman–Crippen MR) is 88.6 cm³/mol. The predicted octanol–water partition coefficient (Wildman–Crippen LogP) is 2.74. The third kappa shape index (κ3) is 2.40. The number of hydrogen-bond acceptors (Lipinski definition) is 5. The van der Waals surface area contributed by atoms with E-state index in [1.54, 1.807) is 16.9 Å². The molecular formula is C17H14N6. The van der Waals surface area contributed by atoms with Crippen LogP contribution in [0.2, 0.25) is 0 Å². The molecule has 0 aliphatic carbocycles. The van der Waals surface area contributed by atoms with Gasteiger partial charge in [0.1, 0.15) is 11.5 Å². The lowest BCUT2D eigenvalue weighted by Crippen LogP contribution is -1.99. The van der Waals surface area contributed by atoms with Crippen LogP contribution in [0.15, 0.2) is 54.9 Å². The maximum atomic E-state index is 6.15. The Labute approximate surface area is 132 Å². The average molecular weight is 302 g/mol. The quantitative estimate of drug-likeness (QED) is 0.615. The van der Waals surface area contributed by atoms with E-state index in [4.69, 9.17) is 5.73 Å². The van der Waals surface area contributed by atoms with Crippen LogP contribution in [-0.4, -0.2) is 24.6 Å². The molecule has 0 spiro atoms. The molecule has 4 heterocycles. The molecule has 6 nitrogen and oxygen atoms in total. The van der Waals surface area contributed by atoms with Crippen molar-refractivity contribution in [2.24, 2.45) is 0 Å². The lowest BCUT2D eigenvalue weighted by molar-refractivity contribution is 0.974. The van der Waals surface area contributed by atoms with Crippen molar-refractivity contribution in [3.8, 4) is 22.6 Å². The molecule has 23 heavy (non-hydrogen) atoms. The molecule has 0 aromatic carbocycles. The van der Waals surface area contributed by atoms with Gasteiger partial charge in [0.05, 0.1) is 0 Å². The smallest absolute Gasteiger partial charge is 0.200 e. The number of pyridine rings is 3. The Kier molecular flexibility index (Phi) is 3.01. The van der Waals surface area contributed by atoms with E-state index in [0.717, 1.165) is 22.5 Å². The molecule has 6 heteroatoms. The fourth-order valence-electron chi connectivity index (χ4n) is 2.50. The summed E-state index contributed by atoms with van der Waals surface area (Å²) in [5, 5.41) is 4.44. The molecule has 112 valence electrons. The minimum absolute atomic E-state index is 0.529. The number of fused-ring (bicyclic) bond motifs is 1. The SMILES string of the molecule is Cc1cc(-c2cc(N)n3nc(-c4ccccn4)nc3c2)ccn1. The van der Waals surface area contributed by atoms with Crippen molar-refractivity contribution >= 4 is 11.5 Å². The molecule has 0 unspecified atom stereocenters. The van der Waals surface area contributed by atoms with Crippen LogP contribution >= 0.6 is 0 Å². The third-order valence-corrected chi connectivity index (χ3v) is 3.59. The molecule has 4 rings (SSSR count). The normalized spacial score (nSPS) is 11.0. The summed E-state index contributed by atoms with van der Waals surface area (Å²) >= 11 is 0. The van der Waals surface area contributed by atoms with E-state index >= 15 is 0 Å². The first-order valence-electron chi connectivity index (χ1n) is 7.21. The summed E-state index contributed by atoms with van der Waals surface area (Å²) in [6.45, 7) is 1.96. The van der Waals surface area contributed by atoms with Crippen LogP contribution in [0.3, 0.4) is 0 Å². The Morgan fingerprint density at radius 3 is 2.65 bits per heavy atom. The Morgan fingerprint density at radius 2 is 1.87 bits per heavy atom. The summed E-state index contributed by atoms with van der Waals surface area (Å²) in [4.78, 5) is 13.0. The zero-order valence-electron chi connectivity index (χ0n) is 12.5. The summed E-state index contributed by atoms with van der Waals surface area (Å²) in [7, 11) is 0. The van der Waals surface area contributed by atoms with E-state index in [1.165, 1.54) is 0 Å². The first-order valence-corrected chi connectivity index (χ1v) is 7.21. The van der Waals surface area contributed by atoms with Crippen LogP contribution in [0.4, 0.5) is 5.82 Å². The molecule has 0 bridgehead atoms. The van der Waals surface area contributed by atoms with Crippen molar-refractivity contribution in [2.75, 3.05) is 5.73 Å². The van der Waals surface area contributed by atoms with Crippen LogP contribution in [0.25, 0.3) is 28.3 Å². The highest BCUT2D eigenvalue weighted by Crippen LogP contribution is 2.25. The second-order valence-corrected chi connectivity index (χ2v) is 5.28. The Hall–Kier alpha value is -3.28. The van der Waals surface area contributed by atoms with E-state index in [9.17, 15) is 0 Å². The summed E-state index contributed by atoms with van der Waals surface area (Å²) < 4.78 is 1.63. The first-order chi connectivity index (χ1) is 11.2. The molecule has 0 fully saturated rings. The van der Waals surface area contributed by atoms with Crippen molar-refractivity contribution in [2.45, 2.75) is 6.92 Å². The summed E-state index contributed by atoms with van der Waals surface area (Å²) in [6.07, 6.45) is 3.50. The standard InChI is InChI=1S/C17H14N6/c1-11-8-12(5-7-19-11)13-9-15(18)23-16(10-13)21-17(22-23)14-4-2-3-6-20-14/h2-10H,18H2,1H3. The molecule has 0 radical (unpaired) electrons. The molecule has 0 atom stereocenters. The Balaban J connectivity index is 1.88. The zero-order valence-corrected chi connectivity index (χ0v) is 12.5. The van der Waals surface area contributed by atoms with E-state index in [1.807, 2.05) is 49.4 Å². The lowest BCUT2D eigenvalue weighted by Gasteiger charge is -2.05. The Bertz CT molecular complexity index is 991. The number of aryl methyl sites for hydroxylation is 1. The summed E-state index contributed by atoms with van der Waals surface area (Å²) in [6, 6.07) is 13.5. The van der Waals surface area contributed by atoms with Crippen LogP contribution in [0, 0.1) is 6.92 Å². The highest BCUT2D eigenvalue weighted by Gasteiger charge is 2.11. The van der Waals surface area contributed by atoms with Crippen molar-refractivity contribution < 1.29 is 0 Å². The van der Waals surface area contributed by atoms with Gasteiger partial charge in [0, 0.05) is 18.1 Å².